The summed E-state index contributed by atoms with van der Waals surface area (Å²) in [6.07, 6.45) is 5.67. The smallest absolute Gasteiger partial charge is 0.315 e. The molecule has 3 fully saturated rings. The summed E-state index contributed by atoms with van der Waals surface area (Å²) in [5.74, 6) is -0.180. The van der Waals surface area contributed by atoms with Crippen LogP contribution < -0.4 is 4.90 Å². The second kappa shape index (κ2) is 8.12. The molecule has 5 nitrogen and oxygen atoms in total. The van der Waals surface area contributed by atoms with Gasteiger partial charge in [0.2, 0.25) is 0 Å². The number of aliphatic hydroxyl groups excluding tert-OH is 1. The number of carbonyl (C=O) groups is 1. The van der Waals surface area contributed by atoms with Gasteiger partial charge >= 0.3 is 5.97 Å². The maximum atomic E-state index is 12.9. The van der Waals surface area contributed by atoms with Crippen LogP contribution in [-0.2, 0) is 15.1 Å². The highest BCUT2D eigenvalue weighted by atomic mass is 35.5. The van der Waals surface area contributed by atoms with Gasteiger partial charge < -0.3 is 19.8 Å². The van der Waals surface area contributed by atoms with E-state index >= 15 is 0 Å². The third-order valence-corrected chi connectivity index (χ3v) is 9.50. The van der Waals surface area contributed by atoms with E-state index in [9.17, 15) is 15.0 Å². The summed E-state index contributed by atoms with van der Waals surface area (Å²) in [5, 5.41) is 23.4. The van der Waals surface area contributed by atoms with Gasteiger partial charge in [-0.3, -0.25) is 4.79 Å². The van der Waals surface area contributed by atoms with Crippen molar-refractivity contribution in [3.8, 4) is 0 Å². The predicted molar refractivity (Wildman–Crippen MR) is 122 cm³/mol. The Kier molecular flexibility index (Phi) is 5.68. The number of esters is 1. The first-order valence-electron chi connectivity index (χ1n) is 12.1. The zero-order chi connectivity index (χ0) is 22.7. The van der Waals surface area contributed by atoms with Crippen LogP contribution in [0.1, 0.15) is 51.5 Å². The van der Waals surface area contributed by atoms with E-state index in [2.05, 4.69) is 19.9 Å². The summed E-state index contributed by atoms with van der Waals surface area (Å²) in [7, 11) is 0. The third kappa shape index (κ3) is 3.53. The van der Waals surface area contributed by atoms with E-state index in [-0.39, 0.29) is 29.3 Å². The van der Waals surface area contributed by atoms with Gasteiger partial charge in [-0.05, 0) is 36.5 Å². The second-order valence-electron chi connectivity index (χ2n) is 10.8. The molecule has 2 aliphatic carbocycles. The molecule has 2 heterocycles. The number of halogens is 1. The SMILES string of the molecule is C[C@@H]1CCC=C2C[C@H]3OC(=O)[C@@H](C[NH+]4CCC(O)(c5ccc(Cl)cc5)CC4)[C@H]3[C@@H](O)[C@@]21C. The molecule has 1 aromatic rings. The van der Waals surface area contributed by atoms with Gasteiger partial charge in [0.05, 0.1) is 25.7 Å². The van der Waals surface area contributed by atoms with Crippen molar-refractivity contribution in [2.45, 2.75) is 63.8 Å². The molecule has 4 aliphatic rings. The molecule has 0 spiro atoms. The van der Waals surface area contributed by atoms with Crippen LogP contribution >= 0.6 is 11.6 Å². The fourth-order valence-electron chi connectivity index (χ4n) is 6.88. The van der Waals surface area contributed by atoms with E-state index in [1.165, 1.54) is 10.5 Å². The first-order valence-corrected chi connectivity index (χ1v) is 12.5. The monoisotopic (exact) mass is 460 g/mol. The fraction of sp³-hybridized carbons (Fsp3) is 0.654. The minimum absolute atomic E-state index is 0.144. The standard InChI is InChI=1S/C26H34ClNO4/c1-16-4-3-5-18-14-21-22(23(29)25(16,18)2)20(24(30)32-21)15-28-12-10-26(31,11-13-28)17-6-8-19(27)9-7-17/h5-9,16,20-23,29,31H,3-4,10-15H2,1-2H3/p+1/t16-,20+,21-,22-,23-,25-/m1/s1. The first-order chi connectivity index (χ1) is 15.2. The molecular weight excluding hydrogens is 426 g/mol. The number of benzene rings is 1. The largest absolute Gasteiger partial charge is 0.461 e. The van der Waals surface area contributed by atoms with E-state index in [0.717, 1.165) is 37.9 Å². The van der Waals surface area contributed by atoms with Crippen LogP contribution in [0.25, 0.3) is 0 Å². The van der Waals surface area contributed by atoms with Crippen molar-refractivity contribution in [3.05, 3.63) is 46.5 Å². The maximum Gasteiger partial charge on any atom is 0.315 e. The molecule has 6 heteroatoms. The Balaban J connectivity index is 1.29. The number of carbonyl (C=O) groups excluding carboxylic acids is 1. The molecule has 0 aromatic heterocycles. The molecule has 32 heavy (non-hydrogen) atoms. The lowest BCUT2D eigenvalue weighted by atomic mass is 9.55. The van der Waals surface area contributed by atoms with Crippen molar-refractivity contribution >= 4 is 17.6 Å². The zero-order valence-corrected chi connectivity index (χ0v) is 19.8. The molecule has 0 radical (unpaired) electrons. The molecule has 2 aliphatic heterocycles. The van der Waals surface area contributed by atoms with E-state index in [4.69, 9.17) is 16.3 Å². The number of rotatable bonds is 3. The highest BCUT2D eigenvalue weighted by Crippen LogP contribution is 2.55. The number of fused-ring (bicyclic) bond motifs is 2. The Bertz CT molecular complexity index is 907. The lowest BCUT2D eigenvalue weighted by Gasteiger charge is -2.51. The summed E-state index contributed by atoms with van der Waals surface area (Å²) in [6, 6.07) is 7.45. The predicted octanol–water partition coefficient (Wildman–Crippen LogP) is 2.49. The van der Waals surface area contributed by atoms with Gasteiger partial charge in [0.1, 0.15) is 17.6 Å². The molecule has 2 saturated heterocycles. The van der Waals surface area contributed by atoms with Crippen molar-refractivity contribution in [1.82, 2.24) is 0 Å². The van der Waals surface area contributed by atoms with E-state index < -0.39 is 11.7 Å². The van der Waals surface area contributed by atoms with E-state index in [1.54, 1.807) is 0 Å². The summed E-state index contributed by atoms with van der Waals surface area (Å²) >= 11 is 6.00. The Labute approximate surface area is 195 Å². The number of ether oxygens (including phenoxy) is 1. The molecule has 0 unspecified atom stereocenters. The van der Waals surface area contributed by atoms with Gasteiger partial charge in [-0.15, -0.1) is 0 Å². The fourth-order valence-corrected chi connectivity index (χ4v) is 7.00. The van der Waals surface area contributed by atoms with Crippen molar-refractivity contribution in [3.63, 3.8) is 0 Å². The van der Waals surface area contributed by atoms with Gasteiger partial charge in [0.25, 0.3) is 0 Å². The third-order valence-electron chi connectivity index (χ3n) is 9.24. The second-order valence-corrected chi connectivity index (χ2v) is 11.2. The van der Waals surface area contributed by atoms with Crippen molar-refractivity contribution in [2.24, 2.45) is 23.2 Å². The van der Waals surface area contributed by atoms with Crippen LogP contribution in [0.5, 0.6) is 0 Å². The Morgan fingerprint density at radius 1 is 1.22 bits per heavy atom. The molecule has 6 atom stereocenters. The molecular formula is C26H35ClNO4+. The quantitative estimate of drug-likeness (QED) is 0.478. The zero-order valence-electron chi connectivity index (χ0n) is 19.0. The first kappa shape index (κ1) is 22.4. The van der Waals surface area contributed by atoms with Crippen LogP contribution in [-0.4, -0.2) is 48.0 Å². The number of piperidine rings is 1. The van der Waals surface area contributed by atoms with Crippen LogP contribution in [0.15, 0.2) is 35.9 Å². The summed E-state index contributed by atoms with van der Waals surface area (Å²) in [6.45, 7) is 6.65. The number of nitrogens with one attached hydrogen (secondary N) is 1. The lowest BCUT2D eigenvalue weighted by molar-refractivity contribution is -0.910. The number of likely N-dealkylation sites (tertiary alicyclic amines) is 1. The van der Waals surface area contributed by atoms with Crippen LogP contribution in [0.3, 0.4) is 0 Å². The topological polar surface area (TPSA) is 71.2 Å². The average Bonchev–Trinajstić information content (AvgIpc) is 3.07. The maximum absolute atomic E-state index is 12.9. The van der Waals surface area contributed by atoms with Crippen LogP contribution in [0.2, 0.25) is 5.02 Å². The van der Waals surface area contributed by atoms with Crippen LogP contribution in [0.4, 0.5) is 0 Å². The summed E-state index contributed by atoms with van der Waals surface area (Å²) in [5.41, 5.74) is 1.07. The molecule has 3 N–H and O–H groups in total. The van der Waals surface area contributed by atoms with Gasteiger partial charge in [-0.1, -0.05) is 49.2 Å². The number of hydrogen-bond donors (Lipinski definition) is 3. The van der Waals surface area contributed by atoms with E-state index in [0.29, 0.717) is 30.3 Å². The Hall–Kier alpha value is -1.40. The Morgan fingerprint density at radius 3 is 2.59 bits per heavy atom. The minimum Gasteiger partial charge on any atom is -0.461 e. The number of quaternary nitrogens is 1. The van der Waals surface area contributed by atoms with Gasteiger partial charge in [-0.25, -0.2) is 0 Å². The highest BCUT2D eigenvalue weighted by molar-refractivity contribution is 6.30. The lowest BCUT2D eigenvalue weighted by Crippen LogP contribution is -3.14. The average molecular weight is 461 g/mol. The normalized spacial score (nSPS) is 43.8. The molecule has 0 bridgehead atoms. The van der Waals surface area contributed by atoms with Crippen molar-refractivity contribution < 1.29 is 24.6 Å². The number of allylic oxidation sites excluding steroid dienone is 1. The van der Waals surface area contributed by atoms with Crippen molar-refractivity contribution in [1.29, 1.82) is 0 Å². The number of hydrogen-bond acceptors (Lipinski definition) is 4. The van der Waals surface area contributed by atoms with Gasteiger partial charge in [0.15, 0.2) is 0 Å². The summed E-state index contributed by atoms with van der Waals surface area (Å²) < 4.78 is 5.83. The Morgan fingerprint density at radius 2 is 1.91 bits per heavy atom. The highest BCUT2D eigenvalue weighted by Gasteiger charge is 2.60. The van der Waals surface area contributed by atoms with E-state index in [1.807, 2.05) is 24.3 Å². The molecule has 1 aromatic carbocycles. The molecule has 0 amide bonds. The van der Waals surface area contributed by atoms with Gasteiger partial charge in [-0.2, -0.15) is 0 Å². The van der Waals surface area contributed by atoms with Crippen LogP contribution in [0, 0.1) is 23.2 Å². The molecule has 174 valence electrons. The summed E-state index contributed by atoms with van der Waals surface area (Å²) in [4.78, 5) is 14.2. The minimum atomic E-state index is -0.845. The molecule has 5 rings (SSSR count). The molecule has 1 saturated carbocycles. The number of aliphatic hydroxyl groups is 2. The van der Waals surface area contributed by atoms with Gasteiger partial charge in [0, 0.05) is 35.6 Å². The van der Waals surface area contributed by atoms with Crippen molar-refractivity contribution in [2.75, 3.05) is 19.6 Å².